The summed E-state index contributed by atoms with van der Waals surface area (Å²) in [5, 5.41) is 5.34. The maximum Gasteiger partial charge on any atom is 0.175 e. The van der Waals surface area contributed by atoms with Crippen LogP contribution in [0.3, 0.4) is 0 Å². The lowest BCUT2D eigenvalue weighted by Crippen LogP contribution is -2.01. The molecule has 0 N–H and O–H groups in total. The van der Waals surface area contributed by atoms with E-state index in [2.05, 4.69) is 5.10 Å². The Morgan fingerprint density at radius 2 is 1.67 bits per heavy atom. The number of aromatic nitrogens is 2. The second-order valence-electron chi connectivity index (χ2n) is 6.11. The van der Waals surface area contributed by atoms with Crippen LogP contribution < -0.4 is 0 Å². The van der Waals surface area contributed by atoms with Crippen molar-refractivity contribution in [1.82, 2.24) is 9.78 Å². The number of halogens is 1. The van der Waals surface area contributed by atoms with Crippen LogP contribution in [0.25, 0.3) is 28.2 Å². The van der Waals surface area contributed by atoms with Gasteiger partial charge < -0.3 is 4.42 Å². The highest BCUT2D eigenvalue weighted by Crippen LogP contribution is 2.30. The molecule has 4 rings (SSSR count). The Labute approximate surface area is 161 Å². The molecule has 0 radical (unpaired) electrons. The van der Waals surface area contributed by atoms with Gasteiger partial charge in [-0.2, -0.15) is 5.10 Å². The van der Waals surface area contributed by atoms with Crippen LogP contribution in [0, 0.1) is 0 Å². The SMILES string of the molecule is CS(=O)(=O)c1ccc(-n2nc(-c3ccoc3)cc2-c2ccc(Cl)cc2)cc1. The predicted octanol–water partition coefficient (Wildman–Crippen LogP) is 4.86. The van der Waals surface area contributed by atoms with Crippen molar-refractivity contribution in [1.29, 1.82) is 0 Å². The standard InChI is InChI=1S/C20H15ClN2O3S/c1-27(24,25)18-8-6-17(7-9-18)23-20(14-2-4-16(21)5-3-14)12-19(22-23)15-10-11-26-13-15/h2-13H,1H3. The van der Waals surface area contributed by atoms with Crippen LogP contribution in [-0.2, 0) is 9.84 Å². The molecule has 7 heteroatoms. The summed E-state index contributed by atoms with van der Waals surface area (Å²) >= 11 is 6.01. The Balaban J connectivity index is 1.86. The van der Waals surface area contributed by atoms with Crippen LogP contribution in [0.4, 0.5) is 0 Å². The zero-order chi connectivity index (χ0) is 19.0. The number of nitrogens with zero attached hydrogens (tertiary/aromatic N) is 2. The van der Waals surface area contributed by atoms with Crippen molar-refractivity contribution in [2.45, 2.75) is 4.90 Å². The van der Waals surface area contributed by atoms with Crippen molar-refractivity contribution >= 4 is 21.4 Å². The van der Waals surface area contributed by atoms with Crippen LogP contribution in [0.1, 0.15) is 0 Å². The van der Waals surface area contributed by atoms with E-state index in [0.717, 1.165) is 28.2 Å². The third kappa shape index (κ3) is 3.54. The summed E-state index contributed by atoms with van der Waals surface area (Å²) in [6.45, 7) is 0. The van der Waals surface area contributed by atoms with Gasteiger partial charge in [0, 0.05) is 22.4 Å². The summed E-state index contributed by atoms with van der Waals surface area (Å²) in [6, 6.07) is 17.9. The van der Waals surface area contributed by atoms with Crippen molar-refractivity contribution in [3.05, 3.63) is 78.2 Å². The molecule has 0 bridgehead atoms. The molecular weight excluding hydrogens is 384 g/mol. The summed E-state index contributed by atoms with van der Waals surface area (Å²) in [4.78, 5) is 0.265. The van der Waals surface area contributed by atoms with Gasteiger partial charge in [0.25, 0.3) is 0 Å². The van der Waals surface area contributed by atoms with E-state index < -0.39 is 9.84 Å². The topological polar surface area (TPSA) is 65.1 Å². The summed E-state index contributed by atoms with van der Waals surface area (Å²) < 4.78 is 30.4. The average molecular weight is 399 g/mol. The Hall–Kier alpha value is -2.83. The maximum atomic E-state index is 11.7. The van der Waals surface area contributed by atoms with E-state index in [4.69, 9.17) is 16.0 Å². The first-order valence-corrected chi connectivity index (χ1v) is 10.4. The lowest BCUT2D eigenvalue weighted by molar-refractivity contribution is 0.568. The molecule has 0 fully saturated rings. The van der Waals surface area contributed by atoms with Crippen molar-refractivity contribution in [2.24, 2.45) is 0 Å². The molecule has 2 aromatic heterocycles. The van der Waals surface area contributed by atoms with Gasteiger partial charge in [0.1, 0.15) is 0 Å². The largest absolute Gasteiger partial charge is 0.472 e. The fraction of sp³-hybridized carbons (Fsp3) is 0.0500. The van der Waals surface area contributed by atoms with E-state index in [0.29, 0.717) is 5.02 Å². The number of sulfone groups is 1. The molecule has 0 saturated heterocycles. The van der Waals surface area contributed by atoms with Crippen LogP contribution in [0.5, 0.6) is 0 Å². The molecule has 2 aromatic carbocycles. The van der Waals surface area contributed by atoms with Gasteiger partial charge in [-0.15, -0.1) is 0 Å². The van der Waals surface area contributed by atoms with Gasteiger partial charge in [-0.1, -0.05) is 23.7 Å². The molecule has 0 unspecified atom stereocenters. The molecule has 136 valence electrons. The van der Waals surface area contributed by atoms with Crippen molar-refractivity contribution in [3.63, 3.8) is 0 Å². The molecule has 0 saturated carbocycles. The van der Waals surface area contributed by atoms with Gasteiger partial charge in [-0.05, 0) is 48.5 Å². The molecule has 27 heavy (non-hydrogen) atoms. The minimum Gasteiger partial charge on any atom is -0.472 e. The summed E-state index contributed by atoms with van der Waals surface area (Å²) in [5.41, 5.74) is 4.16. The number of hydrogen-bond donors (Lipinski definition) is 0. The van der Waals surface area contributed by atoms with E-state index >= 15 is 0 Å². The molecule has 0 aliphatic rings. The van der Waals surface area contributed by atoms with Crippen LogP contribution in [0.2, 0.25) is 5.02 Å². The Morgan fingerprint density at radius 1 is 0.963 bits per heavy atom. The summed E-state index contributed by atoms with van der Waals surface area (Å²) in [6.07, 6.45) is 4.41. The third-order valence-electron chi connectivity index (χ3n) is 4.18. The van der Waals surface area contributed by atoms with Crippen molar-refractivity contribution < 1.29 is 12.8 Å². The minimum atomic E-state index is -3.26. The van der Waals surface area contributed by atoms with E-state index in [1.165, 1.54) is 6.26 Å². The normalized spacial score (nSPS) is 11.6. The van der Waals surface area contributed by atoms with Crippen LogP contribution >= 0.6 is 11.6 Å². The van der Waals surface area contributed by atoms with Crippen LogP contribution in [-0.4, -0.2) is 24.5 Å². The molecule has 0 spiro atoms. The van der Waals surface area contributed by atoms with E-state index in [-0.39, 0.29) is 4.90 Å². The number of furan rings is 1. The first-order chi connectivity index (χ1) is 12.9. The van der Waals surface area contributed by atoms with Crippen LogP contribution in [0.15, 0.2) is 82.5 Å². The minimum absolute atomic E-state index is 0.265. The van der Waals surface area contributed by atoms with Gasteiger partial charge in [0.2, 0.25) is 0 Å². The monoisotopic (exact) mass is 398 g/mol. The Bertz CT molecular complexity index is 1180. The highest BCUT2D eigenvalue weighted by atomic mass is 35.5. The highest BCUT2D eigenvalue weighted by Gasteiger charge is 2.15. The van der Waals surface area contributed by atoms with Gasteiger partial charge >= 0.3 is 0 Å². The smallest absolute Gasteiger partial charge is 0.175 e. The first kappa shape index (κ1) is 17.6. The van der Waals surface area contributed by atoms with Gasteiger partial charge in [0.15, 0.2) is 9.84 Å². The Kier molecular flexibility index (Phi) is 4.37. The molecule has 0 aliphatic heterocycles. The van der Waals surface area contributed by atoms with Gasteiger partial charge in [-0.25, -0.2) is 13.1 Å². The van der Waals surface area contributed by atoms with E-state index in [1.54, 1.807) is 41.5 Å². The summed E-state index contributed by atoms with van der Waals surface area (Å²) in [5.74, 6) is 0. The Morgan fingerprint density at radius 3 is 2.26 bits per heavy atom. The fourth-order valence-corrected chi connectivity index (χ4v) is 3.55. The second kappa shape index (κ2) is 6.72. The quantitative estimate of drug-likeness (QED) is 0.492. The zero-order valence-electron chi connectivity index (χ0n) is 14.3. The molecular formula is C20H15ClN2O3S. The second-order valence-corrected chi connectivity index (χ2v) is 8.56. The van der Waals surface area contributed by atoms with Crippen molar-refractivity contribution in [2.75, 3.05) is 6.26 Å². The lowest BCUT2D eigenvalue weighted by Gasteiger charge is -2.08. The number of benzene rings is 2. The fourth-order valence-electron chi connectivity index (χ4n) is 2.79. The number of rotatable bonds is 4. The first-order valence-electron chi connectivity index (χ1n) is 8.11. The third-order valence-corrected chi connectivity index (χ3v) is 5.56. The van der Waals surface area contributed by atoms with Crippen molar-refractivity contribution in [3.8, 4) is 28.2 Å². The van der Waals surface area contributed by atoms with Gasteiger partial charge in [0.05, 0.1) is 34.5 Å². The molecule has 2 heterocycles. The number of hydrogen-bond acceptors (Lipinski definition) is 4. The van der Waals surface area contributed by atoms with Gasteiger partial charge in [-0.3, -0.25) is 0 Å². The molecule has 0 aliphatic carbocycles. The summed E-state index contributed by atoms with van der Waals surface area (Å²) in [7, 11) is -3.26. The van der Waals surface area contributed by atoms with E-state index in [9.17, 15) is 8.42 Å². The van der Waals surface area contributed by atoms with E-state index in [1.807, 2.05) is 36.4 Å². The molecule has 0 amide bonds. The molecule has 5 nitrogen and oxygen atoms in total. The predicted molar refractivity (Wildman–Crippen MR) is 105 cm³/mol. The zero-order valence-corrected chi connectivity index (χ0v) is 15.9. The molecule has 4 aromatic rings. The lowest BCUT2D eigenvalue weighted by atomic mass is 10.1. The highest BCUT2D eigenvalue weighted by molar-refractivity contribution is 7.90. The molecule has 0 atom stereocenters. The average Bonchev–Trinajstić information content (AvgIpc) is 3.31. The maximum absolute atomic E-state index is 11.7.